The summed E-state index contributed by atoms with van der Waals surface area (Å²) in [7, 11) is 2.17. The smallest absolute Gasteiger partial charge is 0.230 e. The Labute approximate surface area is 142 Å². The van der Waals surface area contributed by atoms with E-state index in [1.807, 2.05) is 0 Å². The number of likely N-dealkylation sites (tertiary alicyclic amines) is 1. The van der Waals surface area contributed by atoms with Crippen LogP contribution in [0.2, 0.25) is 0 Å². The lowest BCUT2D eigenvalue weighted by molar-refractivity contribution is -0.133. The van der Waals surface area contributed by atoms with Crippen LogP contribution in [0.15, 0.2) is 30.5 Å². The number of rotatable bonds is 1. The zero-order valence-corrected chi connectivity index (χ0v) is 14.1. The molecule has 24 heavy (non-hydrogen) atoms. The van der Waals surface area contributed by atoms with Crippen molar-refractivity contribution in [3.05, 3.63) is 41.6 Å². The van der Waals surface area contributed by atoms with E-state index in [2.05, 4.69) is 52.3 Å². The zero-order chi connectivity index (χ0) is 16.3. The fourth-order valence-electron chi connectivity index (χ4n) is 4.78. The highest BCUT2D eigenvalue weighted by Crippen LogP contribution is 2.41. The zero-order valence-electron chi connectivity index (χ0n) is 14.1. The molecule has 4 heteroatoms. The summed E-state index contributed by atoms with van der Waals surface area (Å²) in [5.41, 5.74) is 5.26. The van der Waals surface area contributed by atoms with Crippen molar-refractivity contribution >= 4 is 22.4 Å². The summed E-state index contributed by atoms with van der Waals surface area (Å²) in [6.45, 7) is 2.70. The standard InChI is InChI=1S/C20H23N3O/c1-22-12-14(20(24)23-7-2-3-8-23)9-16-15-5-4-6-17-19(15)13(11-21-17)10-18(16)22/h4-6,9,11,14,18,21H,2-3,7-8,10,12H2,1H3/t14-,18+/m0/s1. The molecule has 1 aliphatic carbocycles. The van der Waals surface area contributed by atoms with Crippen LogP contribution >= 0.6 is 0 Å². The van der Waals surface area contributed by atoms with Crippen molar-refractivity contribution < 1.29 is 4.79 Å². The van der Waals surface area contributed by atoms with Crippen LogP contribution in [0.1, 0.15) is 24.0 Å². The van der Waals surface area contributed by atoms with E-state index in [1.165, 1.54) is 27.6 Å². The fraction of sp³-hybridized carbons (Fsp3) is 0.450. The number of hydrogen-bond donors (Lipinski definition) is 1. The van der Waals surface area contributed by atoms with Crippen LogP contribution in [0.5, 0.6) is 0 Å². The van der Waals surface area contributed by atoms with Gasteiger partial charge in [0.25, 0.3) is 0 Å². The second-order valence-electron chi connectivity index (χ2n) is 7.46. The first kappa shape index (κ1) is 14.3. The van der Waals surface area contributed by atoms with Crippen molar-refractivity contribution in [2.45, 2.75) is 25.3 Å². The Balaban J connectivity index is 1.59. The molecular weight excluding hydrogens is 298 g/mol. The van der Waals surface area contributed by atoms with Gasteiger partial charge >= 0.3 is 0 Å². The predicted molar refractivity (Wildman–Crippen MR) is 95.7 cm³/mol. The van der Waals surface area contributed by atoms with Gasteiger partial charge in [-0.15, -0.1) is 0 Å². The third kappa shape index (κ3) is 1.99. The quantitative estimate of drug-likeness (QED) is 0.877. The van der Waals surface area contributed by atoms with Gasteiger partial charge in [-0.25, -0.2) is 0 Å². The van der Waals surface area contributed by atoms with Crippen LogP contribution in [-0.2, 0) is 11.2 Å². The van der Waals surface area contributed by atoms with Gasteiger partial charge in [0.1, 0.15) is 0 Å². The largest absolute Gasteiger partial charge is 0.361 e. The van der Waals surface area contributed by atoms with E-state index in [-0.39, 0.29) is 5.92 Å². The van der Waals surface area contributed by atoms with Crippen molar-refractivity contribution in [2.75, 3.05) is 26.7 Å². The van der Waals surface area contributed by atoms with Crippen LogP contribution in [0.3, 0.4) is 0 Å². The molecule has 3 heterocycles. The van der Waals surface area contributed by atoms with Gasteiger partial charge in [0.2, 0.25) is 5.91 Å². The minimum atomic E-state index is -0.00454. The molecule has 1 fully saturated rings. The van der Waals surface area contributed by atoms with Gasteiger partial charge < -0.3 is 9.88 Å². The number of hydrogen-bond acceptors (Lipinski definition) is 2. The summed E-state index contributed by atoms with van der Waals surface area (Å²) in [4.78, 5) is 20.7. The van der Waals surface area contributed by atoms with Crippen LogP contribution in [0.4, 0.5) is 0 Å². The van der Waals surface area contributed by atoms with Crippen LogP contribution in [0, 0.1) is 5.92 Å². The molecule has 1 N–H and O–H groups in total. The maximum Gasteiger partial charge on any atom is 0.230 e. The highest BCUT2D eigenvalue weighted by atomic mass is 16.2. The third-order valence-corrected chi connectivity index (χ3v) is 6.00. The normalized spacial score (nSPS) is 26.5. The Morgan fingerprint density at radius 3 is 2.92 bits per heavy atom. The lowest BCUT2D eigenvalue weighted by Gasteiger charge is -2.40. The first-order chi connectivity index (χ1) is 11.7. The number of aromatic amines is 1. The number of benzene rings is 1. The summed E-state index contributed by atoms with van der Waals surface area (Å²) >= 11 is 0. The lowest BCUT2D eigenvalue weighted by atomic mass is 9.79. The minimum Gasteiger partial charge on any atom is -0.361 e. The number of amides is 1. The maximum atomic E-state index is 12.9. The molecule has 124 valence electrons. The van der Waals surface area contributed by atoms with Crippen molar-refractivity contribution in [1.29, 1.82) is 0 Å². The van der Waals surface area contributed by atoms with E-state index < -0.39 is 0 Å². The lowest BCUT2D eigenvalue weighted by Crippen LogP contribution is -2.47. The number of carbonyl (C=O) groups excluding carboxylic acids is 1. The molecule has 2 aromatic rings. The van der Waals surface area contributed by atoms with Crippen molar-refractivity contribution in [1.82, 2.24) is 14.8 Å². The number of likely N-dealkylation sites (N-methyl/N-ethyl adjacent to an activating group) is 1. The van der Waals surface area contributed by atoms with Gasteiger partial charge in [-0.3, -0.25) is 9.69 Å². The Morgan fingerprint density at radius 1 is 1.25 bits per heavy atom. The van der Waals surface area contributed by atoms with Gasteiger partial charge in [-0.1, -0.05) is 18.2 Å². The molecule has 1 aromatic heterocycles. The number of aromatic nitrogens is 1. The van der Waals surface area contributed by atoms with Gasteiger partial charge in [0.15, 0.2) is 0 Å². The average molecular weight is 321 g/mol. The molecule has 2 atom stereocenters. The monoisotopic (exact) mass is 321 g/mol. The summed E-state index contributed by atoms with van der Waals surface area (Å²) in [5, 5.41) is 1.35. The first-order valence-electron chi connectivity index (χ1n) is 9.02. The third-order valence-electron chi connectivity index (χ3n) is 6.00. The molecular formula is C20H23N3O. The van der Waals surface area contributed by atoms with Gasteiger partial charge in [-0.05, 0) is 49.1 Å². The molecule has 4 nitrogen and oxygen atoms in total. The second kappa shape index (κ2) is 5.21. The number of carbonyl (C=O) groups is 1. The van der Waals surface area contributed by atoms with Gasteiger partial charge in [0.05, 0.1) is 5.92 Å². The summed E-state index contributed by atoms with van der Waals surface area (Å²) < 4.78 is 0. The van der Waals surface area contributed by atoms with Crippen molar-refractivity contribution in [3.8, 4) is 0 Å². The molecule has 0 radical (unpaired) electrons. The van der Waals surface area contributed by atoms with E-state index in [4.69, 9.17) is 0 Å². The second-order valence-corrected chi connectivity index (χ2v) is 7.46. The number of fused-ring (bicyclic) bond motifs is 2. The summed E-state index contributed by atoms with van der Waals surface area (Å²) in [6, 6.07) is 6.87. The predicted octanol–water partition coefficient (Wildman–Crippen LogP) is 2.66. The van der Waals surface area contributed by atoms with Crippen LogP contribution in [-0.4, -0.2) is 53.4 Å². The number of H-pyrrole nitrogens is 1. The van der Waals surface area contributed by atoms with E-state index >= 15 is 0 Å². The molecule has 2 aliphatic heterocycles. The van der Waals surface area contributed by atoms with Gasteiger partial charge in [-0.2, -0.15) is 0 Å². The molecule has 0 saturated carbocycles. The first-order valence-corrected chi connectivity index (χ1v) is 9.02. The van der Waals surface area contributed by atoms with Crippen molar-refractivity contribution in [3.63, 3.8) is 0 Å². The summed E-state index contributed by atoms with van der Waals surface area (Å²) in [5.74, 6) is 0.312. The topological polar surface area (TPSA) is 39.3 Å². The summed E-state index contributed by atoms with van der Waals surface area (Å²) in [6.07, 6.45) is 7.76. The molecule has 0 unspecified atom stereocenters. The highest BCUT2D eigenvalue weighted by Gasteiger charge is 2.37. The molecule has 0 bridgehead atoms. The molecule has 1 saturated heterocycles. The van der Waals surface area contributed by atoms with E-state index in [9.17, 15) is 4.79 Å². The Kier molecular flexibility index (Phi) is 3.10. The maximum absolute atomic E-state index is 12.9. The van der Waals surface area contributed by atoms with Crippen LogP contribution in [0.25, 0.3) is 16.5 Å². The number of nitrogens with zero attached hydrogens (tertiary/aromatic N) is 2. The Morgan fingerprint density at radius 2 is 2.08 bits per heavy atom. The molecule has 0 spiro atoms. The highest BCUT2D eigenvalue weighted by molar-refractivity contribution is 5.99. The SMILES string of the molecule is CN1C[C@@H](C(=O)N2CCCC2)C=C2c3cccc4[nH]cc(c34)C[C@H]21. The Bertz CT molecular complexity index is 844. The molecule has 1 amide bonds. The molecule has 3 aliphatic rings. The average Bonchev–Trinajstić information content (AvgIpc) is 3.26. The van der Waals surface area contributed by atoms with E-state index in [0.717, 1.165) is 38.9 Å². The molecule has 1 aromatic carbocycles. The van der Waals surface area contributed by atoms with Gasteiger partial charge in [0, 0.05) is 42.8 Å². The van der Waals surface area contributed by atoms with E-state index in [0.29, 0.717) is 11.9 Å². The molecule has 5 rings (SSSR count). The fourth-order valence-corrected chi connectivity index (χ4v) is 4.78. The van der Waals surface area contributed by atoms with Crippen LogP contribution < -0.4 is 0 Å². The minimum absolute atomic E-state index is 0.00454. The Hall–Kier alpha value is -2.07. The number of nitrogens with one attached hydrogen (secondary N) is 1. The van der Waals surface area contributed by atoms with E-state index in [1.54, 1.807) is 0 Å². The van der Waals surface area contributed by atoms with Crippen molar-refractivity contribution in [2.24, 2.45) is 5.92 Å².